The van der Waals surface area contributed by atoms with E-state index in [1.807, 2.05) is 12.1 Å². The van der Waals surface area contributed by atoms with Gasteiger partial charge in [-0.05, 0) is 49.9 Å². The van der Waals surface area contributed by atoms with Gasteiger partial charge in [0.15, 0.2) is 0 Å². The van der Waals surface area contributed by atoms with Crippen molar-refractivity contribution in [3.05, 3.63) is 41.6 Å². The van der Waals surface area contributed by atoms with Gasteiger partial charge in [-0.1, -0.05) is 25.0 Å². The second-order valence-electron chi connectivity index (χ2n) is 5.76. The lowest BCUT2D eigenvalue weighted by molar-refractivity contribution is 0.750. The summed E-state index contributed by atoms with van der Waals surface area (Å²) < 4.78 is 0. The molecule has 0 saturated heterocycles. The lowest BCUT2D eigenvalue weighted by atomic mass is 10.1. The molecule has 0 aliphatic heterocycles. The minimum Gasteiger partial charge on any atom is -0.367 e. The molecule has 0 bridgehead atoms. The van der Waals surface area contributed by atoms with Crippen LogP contribution < -0.4 is 10.6 Å². The van der Waals surface area contributed by atoms with Crippen molar-refractivity contribution in [2.45, 2.75) is 45.6 Å². The summed E-state index contributed by atoms with van der Waals surface area (Å²) >= 11 is 0. The van der Waals surface area contributed by atoms with Crippen molar-refractivity contribution in [1.29, 1.82) is 0 Å². The maximum absolute atomic E-state index is 4.57. The molecular weight excluding hydrogens is 260 g/mol. The van der Waals surface area contributed by atoms with E-state index in [9.17, 15) is 0 Å². The predicted octanol–water partition coefficient (Wildman–Crippen LogP) is 4.19. The Labute approximate surface area is 126 Å². The molecule has 1 aliphatic carbocycles. The molecule has 110 valence electrons. The van der Waals surface area contributed by atoms with E-state index in [2.05, 4.69) is 46.6 Å². The quantitative estimate of drug-likeness (QED) is 0.882. The summed E-state index contributed by atoms with van der Waals surface area (Å²) in [5.74, 6) is 1.55. The summed E-state index contributed by atoms with van der Waals surface area (Å²) in [5, 5.41) is 6.82. The van der Waals surface area contributed by atoms with Gasteiger partial charge < -0.3 is 10.6 Å². The first-order valence-corrected chi connectivity index (χ1v) is 7.65. The molecule has 1 fully saturated rings. The standard InChI is InChI=1S/C17H22N4/c1-12-6-5-9-15(13(12)2)20-17-18-11-10-16(21-17)19-14-7-3-4-8-14/h5-6,9-11,14H,3-4,7-8H2,1-2H3,(H2,18,19,20,21). The summed E-state index contributed by atoms with van der Waals surface area (Å²) in [6, 6.07) is 8.72. The number of rotatable bonds is 4. The molecule has 4 nitrogen and oxygen atoms in total. The van der Waals surface area contributed by atoms with Crippen molar-refractivity contribution >= 4 is 17.5 Å². The molecule has 0 atom stereocenters. The van der Waals surface area contributed by atoms with Crippen molar-refractivity contribution in [3.63, 3.8) is 0 Å². The normalized spacial score (nSPS) is 15.1. The molecule has 3 rings (SSSR count). The number of benzene rings is 1. The Balaban J connectivity index is 1.74. The highest BCUT2D eigenvalue weighted by molar-refractivity contribution is 5.60. The second-order valence-corrected chi connectivity index (χ2v) is 5.76. The average Bonchev–Trinajstić information content (AvgIpc) is 2.97. The Morgan fingerprint density at radius 3 is 2.71 bits per heavy atom. The smallest absolute Gasteiger partial charge is 0.229 e. The minimum atomic E-state index is 0.563. The Bertz CT molecular complexity index is 618. The zero-order valence-corrected chi connectivity index (χ0v) is 12.7. The Morgan fingerprint density at radius 1 is 1.10 bits per heavy atom. The molecule has 2 aromatic rings. The van der Waals surface area contributed by atoms with E-state index < -0.39 is 0 Å². The number of anilines is 3. The third kappa shape index (κ3) is 3.32. The fourth-order valence-corrected chi connectivity index (χ4v) is 2.79. The highest BCUT2D eigenvalue weighted by Gasteiger charge is 2.15. The van der Waals surface area contributed by atoms with Crippen LogP contribution in [0.3, 0.4) is 0 Å². The van der Waals surface area contributed by atoms with Crippen LogP contribution in [-0.2, 0) is 0 Å². The zero-order valence-electron chi connectivity index (χ0n) is 12.7. The van der Waals surface area contributed by atoms with Crippen molar-refractivity contribution < 1.29 is 0 Å². The third-order valence-corrected chi connectivity index (χ3v) is 4.21. The molecule has 1 aromatic heterocycles. The number of hydrogen-bond acceptors (Lipinski definition) is 4. The number of aryl methyl sites for hydroxylation is 1. The molecule has 4 heteroatoms. The highest BCUT2D eigenvalue weighted by atomic mass is 15.1. The topological polar surface area (TPSA) is 49.8 Å². The van der Waals surface area contributed by atoms with Gasteiger partial charge in [0, 0.05) is 17.9 Å². The molecule has 2 N–H and O–H groups in total. The molecule has 0 spiro atoms. The molecule has 1 aromatic carbocycles. The van der Waals surface area contributed by atoms with E-state index >= 15 is 0 Å². The van der Waals surface area contributed by atoms with Crippen LogP contribution in [0.25, 0.3) is 0 Å². The van der Waals surface area contributed by atoms with Crippen LogP contribution in [-0.4, -0.2) is 16.0 Å². The van der Waals surface area contributed by atoms with E-state index in [0.717, 1.165) is 11.5 Å². The second kappa shape index (κ2) is 6.12. The fourth-order valence-electron chi connectivity index (χ4n) is 2.79. The predicted molar refractivity (Wildman–Crippen MR) is 87.1 cm³/mol. The molecule has 0 amide bonds. The number of nitrogens with zero attached hydrogens (tertiary/aromatic N) is 2. The van der Waals surface area contributed by atoms with Gasteiger partial charge in [0.1, 0.15) is 5.82 Å². The van der Waals surface area contributed by atoms with Crippen LogP contribution in [0, 0.1) is 13.8 Å². The summed E-state index contributed by atoms with van der Waals surface area (Å²) in [4.78, 5) is 8.89. The summed E-state index contributed by atoms with van der Waals surface area (Å²) in [5.41, 5.74) is 3.56. The molecule has 1 aliphatic rings. The van der Waals surface area contributed by atoms with Crippen molar-refractivity contribution in [3.8, 4) is 0 Å². The molecule has 21 heavy (non-hydrogen) atoms. The largest absolute Gasteiger partial charge is 0.367 e. The van der Waals surface area contributed by atoms with Crippen LogP contribution in [0.2, 0.25) is 0 Å². The molecule has 1 heterocycles. The maximum atomic E-state index is 4.57. The Kier molecular flexibility index (Phi) is 4.04. The van der Waals surface area contributed by atoms with E-state index in [0.29, 0.717) is 12.0 Å². The van der Waals surface area contributed by atoms with Crippen molar-refractivity contribution in [1.82, 2.24) is 9.97 Å². The Hall–Kier alpha value is -2.10. The fraction of sp³-hybridized carbons (Fsp3) is 0.412. The summed E-state index contributed by atoms with van der Waals surface area (Å²) in [6.07, 6.45) is 6.91. The summed E-state index contributed by atoms with van der Waals surface area (Å²) in [7, 11) is 0. The van der Waals surface area contributed by atoms with Crippen LogP contribution >= 0.6 is 0 Å². The minimum absolute atomic E-state index is 0.563. The van der Waals surface area contributed by atoms with E-state index in [1.54, 1.807) is 6.20 Å². The summed E-state index contributed by atoms with van der Waals surface area (Å²) in [6.45, 7) is 4.22. The van der Waals surface area contributed by atoms with E-state index in [-0.39, 0.29) is 0 Å². The van der Waals surface area contributed by atoms with Crippen molar-refractivity contribution in [2.24, 2.45) is 0 Å². The van der Waals surface area contributed by atoms with Crippen LogP contribution in [0.1, 0.15) is 36.8 Å². The first-order chi connectivity index (χ1) is 10.2. The van der Waals surface area contributed by atoms with Gasteiger partial charge in [-0.2, -0.15) is 4.98 Å². The molecular formula is C17H22N4. The van der Waals surface area contributed by atoms with Gasteiger partial charge in [0.05, 0.1) is 0 Å². The number of aromatic nitrogens is 2. The Morgan fingerprint density at radius 2 is 1.90 bits per heavy atom. The highest BCUT2D eigenvalue weighted by Crippen LogP contribution is 2.23. The van der Waals surface area contributed by atoms with Gasteiger partial charge in [-0.3, -0.25) is 0 Å². The molecule has 0 unspecified atom stereocenters. The van der Waals surface area contributed by atoms with Crippen LogP contribution in [0.4, 0.5) is 17.5 Å². The van der Waals surface area contributed by atoms with Crippen molar-refractivity contribution in [2.75, 3.05) is 10.6 Å². The maximum Gasteiger partial charge on any atom is 0.229 e. The van der Waals surface area contributed by atoms with Gasteiger partial charge in [-0.15, -0.1) is 0 Å². The third-order valence-electron chi connectivity index (χ3n) is 4.21. The lowest BCUT2D eigenvalue weighted by Crippen LogP contribution is -2.16. The first-order valence-electron chi connectivity index (χ1n) is 7.65. The van der Waals surface area contributed by atoms with Gasteiger partial charge in [0.25, 0.3) is 0 Å². The SMILES string of the molecule is Cc1cccc(Nc2nccc(NC3CCCC3)n2)c1C. The monoisotopic (exact) mass is 282 g/mol. The van der Waals surface area contributed by atoms with Gasteiger partial charge >= 0.3 is 0 Å². The van der Waals surface area contributed by atoms with Gasteiger partial charge in [0.2, 0.25) is 5.95 Å². The van der Waals surface area contributed by atoms with Gasteiger partial charge in [-0.25, -0.2) is 4.98 Å². The molecule has 0 radical (unpaired) electrons. The lowest BCUT2D eigenvalue weighted by Gasteiger charge is -2.14. The van der Waals surface area contributed by atoms with Crippen LogP contribution in [0.15, 0.2) is 30.5 Å². The average molecular weight is 282 g/mol. The van der Waals surface area contributed by atoms with E-state index in [1.165, 1.54) is 36.8 Å². The zero-order chi connectivity index (χ0) is 14.7. The van der Waals surface area contributed by atoms with Crippen LogP contribution in [0.5, 0.6) is 0 Å². The van der Waals surface area contributed by atoms with E-state index in [4.69, 9.17) is 0 Å². The molecule has 1 saturated carbocycles. The number of hydrogen-bond donors (Lipinski definition) is 2. The first kappa shape index (κ1) is 13.9. The number of nitrogens with one attached hydrogen (secondary N) is 2.